The van der Waals surface area contributed by atoms with Crippen molar-refractivity contribution >= 4 is 21.6 Å². The van der Waals surface area contributed by atoms with E-state index in [4.69, 9.17) is 0 Å². The molecule has 3 N–H and O–H groups in total. The van der Waals surface area contributed by atoms with Crippen LogP contribution < -0.4 is 10.6 Å². The summed E-state index contributed by atoms with van der Waals surface area (Å²) in [4.78, 5) is 11.4. The molecule has 100 valence electrons. The summed E-state index contributed by atoms with van der Waals surface area (Å²) in [5, 5.41) is 14.4. The van der Waals surface area contributed by atoms with Gasteiger partial charge in [0.05, 0.1) is 16.3 Å². The molecule has 1 aromatic rings. The van der Waals surface area contributed by atoms with Gasteiger partial charge in [-0.2, -0.15) is 0 Å². The number of carbonyl (C=O) groups is 1. The number of carbonyl (C=O) groups excluding carboxylic acids is 1. The second-order valence-corrected chi connectivity index (χ2v) is 5.85. The Morgan fingerprint density at radius 2 is 2.00 bits per heavy atom. The monoisotopic (exact) mass is 272 g/mol. The molecule has 0 radical (unpaired) electrons. The predicted molar refractivity (Wildman–Crippen MR) is 68.5 cm³/mol. The van der Waals surface area contributed by atoms with Crippen LogP contribution in [0.3, 0.4) is 0 Å². The SMILES string of the molecule is CCNC(=O)Nc1cc(S(=O)(=O)CC)ccc1O. The Morgan fingerprint density at radius 1 is 1.33 bits per heavy atom. The highest BCUT2D eigenvalue weighted by Gasteiger charge is 2.14. The molecule has 0 aliphatic heterocycles. The molecule has 0 bridgehead atoms. The van der Waals surface area contributed by atoms with E-state index in [9.17, 15) is 18.3 Å². The average molecular weight is 272 g/mol. The van der Waals surface area contributed by atoms with Gasteiger partial charge < -0.3 is 15.7 Å². The quantitative estimate of drug-likeness (QED) is 0.720. The lowest BCUT2D eigenvalue weighted by Crippen LogP contribution is -2.28. The molecule has 0 spiro atoms. The standard InChI is InChI=1S/C11H16N2O4S/c1-3-12-11(15)13-9-7-8(5-6-10(9)14)18(16,17)4-2/h5-7,14H,3-4H2,1-2H3,(H2,12,13,15). The normalized spacial score (nSPS) is 11.0. The molecule has 6 nitrogen and oxygen atoms in total. The van der Waals surface area contributed by atoms with E-state index in [1.807, 2.05) is 0 Å². The molecule has 0 saturated heterocycles. The first-order valence-electron chi connectivity index (χ1n) is 5.51. The van der Waals surface area contributed by atoms with Crippen LogP contribution in [0.15, 0.2) is 23.1 Å². The molecule has 0 aromatic heterocycles. The number of amides is 2. The molecule has 0 heterocycles. The molecule has 0 aliphatic rings. The lowest BCUT2D eigenvalue weighted by atomic mass is 10.3. The van der Waals surface area contributed by atoms with Crippen molar-refractivity contribution in [3.63, 3.8) is 0 Å². The topological polar surface area (TPSA) is 95.5 Å². The first kappa shape index (κ1) is 14.3. The molecular weight excluding hydrogens is 256 g/mol. The van der Waals surface area contributed by atoms with Gasteiger partial charge in [0, 0.05) is 6.54 Å². The number of anilines is 1. The minimum absolute atomic E-state index is 0.0433. The second-order valence-electron chi connectivity index (χ2n) is 3.57. The molecule has 2 amide bonds. The fourth-order valence-corrected chi connectivity index (χ4v) is 2.21. The van der Waals surface area contributed by atoms with Crippen molar-refractivity contribution in [3.8, 4) is 5.75 Å². The van der Waals surface area contributed by atoms with Gasteiger partial charge in [-0.1, -0.05) is 6.92 Å². The van der Waals surface area contributed by atoms with E-state index in [1.165, 1.54) is 25.1 Å². The lowest BCUT2D eigenvalue weighted by Gasteiger charge is -2.09. The Bertz CT molecular complexity index is 540. The van der Waals surface area contributed by atoms with E-state index < -0.39 is 15.9 Å². The Kier molecular flexibility index (Phi) is 4.55. The molecule has 18 heavy (non-hydrogen) atoms. The van der Waals surface area contributed by atoms with E-state index in [0.29, 0.717) is 6.54 Å². The summed E-state index contributed by atoms with van der Waals surface area (Å²) in [6.07, 6.45) is 0. The van der Waals surface area contributed by atoms with Crippen molar-refractivity contribution in [1.29, 1.82) is 0 Å². The van der Waals surface area contributed by atoms with Crippen molar-refractivity contribution in [2.45, 2.75) is 18.7 Å². The number of phenols is 1. The Hall–Kier alpha value is -1.76. The van der Waals surface area contributed by atoms with Gasteiger partial charge in [-0.15, -0.1) is 0 Å². The molecule has 1 rings (SSSR count). The third-order valence-corrected chi connectivity index (χ3v) is 4.02. The maximum Gasteiger partial charge on any atom is 0.319 e. The van der Waals surface area contributed by atoms with Gasteiger partial charge >= 0.3 is 6.03 Å². The summed E-state index contributed by atoms with van der Waals surface area (Å²) in [6.45, 7) is 3.70. The van der Waals surface area contributed by atoms with Crippen LogP contribution in [-0.4, -0.2) is 31.9 Å². The number of aromatic hydroxyl groups is 1. The number of hydrogen-bond donors (Lipinski definition) is 3. The van der Waals surface area contributed by atoms with Crippen LogP contribution in [0.2, 0.25) is 0 Å². The minimum atomic E-state index is -3.37. The number of sulfone groups is 1. The summed E-state index contributed by atoms with van der Waals surface area (Å²) < 4.78 is 23.3. The van der Waals surface area contributed by atoms with Crippen LogP contribution in [0.25, 0.3) is 0 Å². The highest BCUT2D eigenvalue weighted by molar-refractivity contribution is 7.91. The molecule has 7 heteroatoms. The van der Waals surface area contributed by atoms with Crippen LogP contribution in [0, 0.1) is 0 Å². The van der Waals surface area contributed by atoms with Crippen LogP contribution in [-0.2, 0) is 9.84 Å². The molecule has 0 atom stereocenters. The highest BCUT2D eigenvalue weighted by atomic mass is 32.2. The van der Waals surface area contributed by atoms with Gasteiger partial charge in [0.25, 0.3) is 0 Å². The number of hydrogen-bond acceptors (Lipinski definition) is 4. The van der Waals surface area contributed by atoms with E-state index in [-0.39, 0.29) is 22.1 Å². The van der Waals surface area contributed by atoms with Crippen molar-refractivity contribution < 1.29 is 18.3 Å². The third-order valence-electron chi connectivity index (χ3n) is 2.29. The van der Waals surface area contributed by atoms with E-state index in [0.717, 1.165) is 0 Å². The lowest BCUT2D eigenvalue weighted by molar-refractivity contribution is 0.252. The Morgan fingerprint density at radius 3 is 2.56 bits per heavy atom. The Balaban J connectivity index is 3.06. The summed E-state index contributed by atoms with van der Waals surface area (Å²) in [5.74, 6) is -0.227. The summed E-state index contributed by atoms with van der Waals surface area (Å²) in [5.41, 5.74) is 0.0653. The average Bonchev–Trinajstić information content (AvgIpc) is 2.32. The van der Waals surface area contributed by atoms with Gasteiger partial charge in [0.1, 0.15) is 5.75 Å². The van der Waals surface area contributed by atoms with Crippen LogP contribution in [0.5, 0.6) is 5.75 Å². The maximum atomic E-state index is 11.7. The van der Waals surface area contributed by atoms with Gasteiger partial charge in [-0.3, -0.25) is 0 Å². The zero-order chi connectivity index (χ0) is 13.8. The first-order valence-corrected chi connectivity index (χ1v) is 7.16. The van der Waals surface area contributed by atoms with Crippen molar-refractivity contribution in [2.24, 2.45) is 0 Å². The number of nitrogens with one attached hydrogen (secondary N) is 2. The van der Waals surface area contributed by atoms with E-state index in [2.05, 4.69) is 10.6 Å². The summed E-state index contributed by atoms with van der Waals surface area (Å²) in [7, 11) is -3.37. The molecule has 1 aromatic carbocycles. The van der Waals surface area contributed by atoms with Crippen molar-refractivity contribution in [3.05, 3.63) is 18.2 Å². The second kappa shape index (κ2) is 5.72. The number of urea groups is 1. The summed E-state index contributed by atoms with van der Waals surface area (Å²) in [6, 6.07) is 3.28. The fraction of sp³-hybridized carbons (Fsp3) is 0.364. The summed E-state index contributed by atoms with van der Waals surface area (Å²) >= 11 is 0. The van der Waals surface area contributed by atoms with Gasteiger partial charge in [0.15, 0.2) is 9.84 Å². The zero-order valence-corrected chi connectivity index (χ0v) is 11.0. The number of rotatable bonds is 4. The van der Waals surface area contributed by atoms with Gasteiger partial charge in [-0.25, -0.2) is 13.2 Å². The Labute approximate surface area is 106 Å². The smallest absolute Gasteiger partial charge is 0.319 e. The molecule has 0 fully saturated rings. The van der Waals surface area contributed by atoms with E-state index in [1.54, 1.807) is 6.92 Å². The highest BCUT2D eigenvalue weighted by Crippen LogP contribution is 2.26. The largest absolute Gasteiger partial charge is 0.506 e. The molecule has 0 saturated carbocycles. The van der Waals surface area contributed by atoms with Crippen LogP contribution >= 0.6 is 0 Å². The number of phenolic OH excluding ortho intramolecular Hbond substituents is 1. The number of benzene rings is 1. The zero-order valence-electron chi connectivity index (χ0n) is 10.2. The van der Waals surface area contributed by atoms with Crippen LogP contribution in [0.4, 0.5) is 10.5 Å². The van der Waals surface area contributed by atoms with E-state index >= 15 is 0 Å². The first-order chi connectivity index (χ1) is 8.40. The van der Waals surface area contributed by atoms with Crippen molar-refractivity contribution in [1.82, 2.24) is 5.32 Å². The fourth-order valence-electron chi connectivity index (χ4n) is 1.30. The van der Waals surface area contributed by atoms with Crippen molar-refractivity contribution in [2.75, 3.05) is 17.6 Å². The molecular formula is C11H16N2O4S. The van der Waals surface area contributed by atoms with Gasteiger partial charge in [0.2, 0.25) is 0 Å². The third kappa shape index (κ3) is 3.36. The minimum Gasteiger partial charge on any atom is -0.506 e. The van der Waals surface area contributed by atoms with Crippen LogP contribution in [0.1, 0.15) is 13.8 Å². The maximum absolute atomic E-state index is 11.7. The van der Waals surface area contributed by atoms with Gasteiger partial charge in [-0.05, 0) is 25.1 Å². The molecule has 0 unspecified atom stereocenters. The predicted octanol–water partition coefficient (Wildman–Crippen LogP) is 1.33. The molecule has 0 aliphatic carbocycles.